The summed E-state index contributed by atoms with van der Waals surface area (Å²) in [7, 11) is 1.61. The van der Waals surface area contributed by atoms with Gasteiger partial charge in [-0.25, -0.2) is 0 Å². The van der Waals surface area contributed by atoms with Crippen molar-refractivity contribution in [3.05, 3.63) is 30.2 Å². The summed E-state index contributed by atoms with van der Waals surface area (Å²) in [4.78, 5) is 0. The minimum atomic E-state index is 0.456. The summed E-state index contributed by atoms with van der Waals surface area (Å²) in [6, 6.07) is 7.50. The molecule has 0 radical (unpaired) electrons. The van der Waals surface area contributed by atoms with E-state index in [1.54, 1.807) is 7.11 Å². The van der Waals surface area contributed by atoms with E-state index in [9.17, 15) is 0 Å². The second-order valence-electron chi connectivity index (χ2n) is 3.14. The molecular weight excluding hydrogens is 228 g/mol. The molecule has 4 nitrogen and oxygen atoms in total. The van der Waals surface area contributed by atoms with Crippen molar-refractivity contribution in [2.75, 3.05) is 13.0 Å². The maximum Gasteiger partial charge on any atom is 0.251 e. The lowest BCUT2D eigenvalue weighted by atomic mass is 10.2. The fourth-order valence-corrected chi connectivity index (χ4v) is 1.53. The molecule has 0 aliphatic carbocycles. The molecule has 0 N–H and O–H groups in total. The molecule has 0 aliphatic heterocycles. The van der Waals surface area contributed by atoms with Crippen LogP contribution in [0.15, 0.2) is 28.7 Å². The lowest BCUT2D eigenvalue weighted by Crippen LogP contribution is -1.87. The maximum absolute atomic E-state index is 5.60. The van der Waals surface area contributed by atoms with Gasteiger partial charge < -0.3 is 9.15 Å². The summed E-state index contributed by atoms with van der Waals surface area (Å²) in [6.45, 7) is 0. The number of hydrogen-bond donors (Lipinski definition) is 0. The van der Waals surface area contributed by atoms with Crippen LogP contribution in [0, 0.1) is 0 Å². The van der Waals surface area contributed by atoms with Crippen LogP contribution in [0.1, 0.15) is 5.89 Å². The number of halogens is 1. The summed E-state index contributed by atoms with van der Waals surface area (Å²) in [5, 5.41) is 7.86. The molecule has 2 rings (SSSR count). The molecule has 0 bridgehead atoms. The van der Waals surface area contributed by atoms with E-state index in [-0.39, 0.29) is 0 Å². The summed E-state index contributed by atoms with van der Waals surface area (Å²) >= 11 is 5.60. The van der Waals surface area contributed by atoms with Crippen LogP contribution in [0.2, 0.25) is 0 Å². The second kappa shape index (κ2) is 4.99. The number of aryl methyl sites for hydroxylation is 1. The van der Waals surface area contributed by atoms with E-state index in [1.807, 2.05) is 24.3 Å². The van der Waals surface area contributed by atoms with Gasteiger partial charge in [-0.15, -0.1) is 21.8 Å². The number of benzene rings is 1. The molecule has 0 amide bonds. The largest absolute Gasteiger partial charge is 0.496 e. The van der Waals surface area contributed by atoms with Gasteiger partial charge in [-0.3, -0.25) is 0 Å². The Bertz CT molecular complexity index is 471. The SMILES string of the molecule is COc1ccccc1-c1nnc(CCCl)o1. The number of alkyl halides is 1. The molecule has 0 spiro atoms. The predicted octanol–water partition coefficient (Wildman–Crippen LogP) is 2.53. The fourth-order valence-electron chi connectivity index (χ4n) is 1.37. The highest BCUT2D eigenvalue weighted by molar-refractivity contribution is 6.17. The third-order valence-electron chi connectivity index (χ3n) is 2.11. The summed E-state index contributed by atoms with van der Waals surface area (Å²) in [5.74, 6) is 2.17. The van der Waals surface area contributed by atoms with Crippen LogP contribution in [0.5, 0.6) is 5.75 Å². The molecule has 1 heterocycles. The molecular formula is C11H11ClN2O2. The summed E-state index contributed by atoms with van der Waals surface area (Å²) in [6.07, 6.45) is 0.573. The first kappa shape index (κ1) is 11.0. The average molecular weight is 239 g/mol. The predicted molar refractivity (Wildman–Crippen MR) is 60.7 cm³/mol. The molecule has 1 aromatic heterocycles. The Morgan fingerprint density at radius 1 is 1.31 bits per heavy atom. The van der Waals surface area contributed by atoms with Crippen molar-refractivity contribution in [2.45, 2.75) is 6.42 Å². The van der Waals surface area contributed by atoms with Gasteiger partial charge in [0.15, 0.2) is 0 Å². The Morgan fingerprint density at radius 2 is 2.12 bits per heavy atom. The van der Waals surface area contributed by atoms with Crippen LogP contribution < -0.4 is 4.74 Å². The van der Waals surface area contributed by atoms with Crippen LogP contribution in [0.3, 0.4) is 0 Å². The number of ether oxygens (including phenoxy) is 1. The van der Waals surface area contributed by atoms with Crippen LogP contribution in [-0.2, 0) is 6.42 Å². The van der Waals surface area contributed by atoms with Crippen molar-refractivity contribution < 1.29 is 9.15 Å². The topological polar surface area (TPSA) is 48.2 Å². The van der Waals surface area contributed by atoms with E-state index >= 15 is 0 Å². The van der Waals surface area contributed by atoms with Crippen molar-refractivity contribution in [3.63, 3.8) is 0 Å². The van der Waals surface area contributed by atoms with E-state index in [2.05, 4.69) is 10.2 Å². The van der Waals surface area contributed by atoms with Gasteiger partial charge in [-0.1, -0.05) is 12.1 Å². The molecule has 2 aromatic rings. The molecule has 1 aromatic carbocycles. The van der Waals surface area contributed by atoms with Gasteiger partial charge in [0, 0.05) is 12.3 Å². The fraction of sp³-hybridized carbons (Fsp3) is 0.273. The number of hydrogen-bond acceptors (Lipinski definition) is 4. The zero-order valence-corrected chi connectivity index (χ0v) is 9.57. The first-order valence-corrected chi connectivity index (χ1v) is 5.40. The molecule has 0 aliphatic rings. The monoisotopic (exact) mass is 238 g/mol. The van der Waals surface area contributed by atoms with E-state index in [0.29, 0.717) is 29.8 Å². The molecule has 84 valence electrons. The zero-order chi connectivity index (χ0) is 11.4. The second-order valence-corrected chi connectivity index (χ2v) is 3.52. The smallest absolute Gasteiger partial charge is 0.251 e. The van der Waals surface area contributed by atoms with Crippen molar-refractivity contribution in [1.82, 2.24) is 10.2 Å². The van der Waals surface area contributed by atoms with Crippen LogP contribution in [0.4, 0.5) is 0 Å². The molecule has 0 fully saturated rings. The number of aromatic nitrogens is 2. The van der Waals surface area contributed by atoms with Crippen molar-refractivity contribution in [3.8, 4) is 17.2 Å². The lowest BCUT2D eigenvalue weighted by molar-refractivity contribution is 0.413. The number of rotatable bonds is 4. The maximum atomic E-state index is 5.60. The van der Waals surface area contributed by atoms with Gasteiger partial charge in [0.05, 0.1) is 12.7 Å². The molecule has 16 heavy (non-hydrogen) atoms. The zero-order valence-electron chi connectivity index (χ0n) is 8.81. The standard InChI is InChI=1S/C11H11ClN2O2/c1-15-9-5-3-2-4-8(9)11-14-13-10(16-11)6-7-12/h2-5H,6-7H2,1H3. The molecule has 0 saturated heterocycles. The molecule has 0 unspecified atom stereocenters. The van der Waals surface area contributed by atoms with E-state index in [0.717, 1.165) is 5.56 Å². The van der Waals surface area contributed by atoms with Crippen LogP contribution >= 0.6 is 11.6 Å². The van der Waals surface area contributed by atoms with Gasteiger partial charge in [0.25, 0.3) is 5.89 Å². The first-order chi connectivity index (χ1) is 7.85. The number of methoxy groups -OCH3 is 1. The highest BCUT2D eigenvalue weighted by atomic mass is 35.5. The quantitative estimate of drug-likeness (QED) is 0.768. The van der Waals surface area contributed by atoms with Crippen LogP contribution in [-0.4, -0.2) is 23.2 Å². The number of para-hydroxylation sites is 1. The number of nitrogens with zero attached hydrogens (tertiary/aromatic N) is 2. The van der Waals surface area contributed by atoms with Gasteiger partial charge in [0.2, 0.25) is 5.89 Å². The van der Waals surface area contributed by atoms with Gasteiger partial charge in [-0.2, -0.15) is 0 Å². The normalized spacial score (nSPS) is 10.4. The van der Waals surface area contributed by atoms with Gasteiger partial charge in [-0.05, 0) is 12.1 Å². The highest BCUT2D eigenvalue weighted by Crippen LogP contribution is 2.28. The third-order valence-corrected chi connectivity index (χ3v) is 2.30. The minimum Gasteiger partial charge on any atom is -0.496 e. The lowest BCUT2D eigenvalue weighted by Gasteiger charge is -2.03. The van der Waals surface area contributed by atoms with E-state index in [4.69, 9.17) is 20.8 Å². The van der Waals surface area contributed by atoms with Gasteiger partial charge in [0.1, 0.15) is 5.75 Å². The average Bonchev–Trinajstić information content (AvgIpc) is 2.78. The van der Waals surface area contributed by atoms with Crippen LogP contribution in [0.25, 0.3) is 11.5 Å². The summed E-state index contributed by atoms with van der Waals surface area (Å²) < 4.78 is 10.7. The van der Waals surface area contributed by atoms with Crippen molar-refractivity contribution >= 4 is 11.6 Å². The Kier molecular flexibility index (Phi) is 3.41. The third kappa shape index (κ3) is 2.17. The Labute approximate surface area is 98.2 Å². The van der Waals surface area contributed by atoms with E-state index in [1.165, 1.54) is 0 Å². The highest BCUT2D eigenvalue weighted by Gasteiger charge is 2.12. The molecule has 0 atom stereocenters. The Morgan fingerprint density at radius 3 is 2.88 bits per heavy atom. The Balaban J connectivity index is 2.34. The minimum absolute atomic E-state index is 0.456. The molecule has 5 heteroatoms. The summed E-state index contributed by atoms with van der Waals surface area (Å²) in [5.41, 5.74) is 0.790. The Hall–Kier alpha value is -1.55. The van der Waals surface area contributed by atoms with Gasteiger partial charge >= 0.3 is 0 Å². The first-order valence-electron chi connectivity index (χ1n) is 4.87. The molecule has 0 saturated carbocycles. The van der Waals surface area contributed by atoms with Crippen molar-refractivity contribution in [2.24, 2.45) is 0 Å². The van der Waals surface area contributed by atoms with Crippen molar-refractivity contribution in [1.29, 1.82) is 0 Å². The van der Waals surface area contributed by atoms with E-state index < -0.39 is 0 Å².